The minimum atomic E-state index is -0.125. The molecule has 4 nitrogen and oxygen atoms in total. The van der Waals surface area contributed by atoms with E-state index in [2.05, 4.69) is 84.9 Å². The molecule has 0 unspecified atom stereocenters. The van der Waals surface area contributed by atoms with Crippen LogP contribution in [0.15, 0.2) is 48.4 Å². The Labute approximate surface area is 290 Å². The molecule has 0 amide bonds. The molecule has 2 aromatic carbocycles. The van der Waals surface area contributed by atoms with E-state index in [0.717, 1.165) is 60.1 Å². The van der Waals surface area contributed by atoms with Gasteiger partial charge in [0.2, 0.25) is 0 Å². The molecule has 1 aliphatic rings. The second kappa shape index (κ2) is 14.9. The van der Waals surface area contributed by atoms with Crippen LogP contribution in [0.1, 0.15) is 116 Å². The quantitative estimate of drug-likeness (QED) is 0.110. The fourth-order valence-electron chi connectivity index (χ4n) is 6.92. The SMILES string of the molecule is CCC(CC)C(=O)/C=C(\O)C(CC)CC.Cc1cc2[c-]c3c(cc2c(C)n1)C(C)(C)c1cc(CC(C)(C)C)cc2ccnc-3c12.[Ir]. The molecular weight excluding hydrogens is 745 g/mol. The monoisotopic (exact) mass is 798 g/mol. The number of aliphatic hydroxyl groups excluding tert-OH is 1. The number of benzene rings is 2. The Balaban J connectivity index is 0.000000309. The average Bonchev–Trinajstić information content (AvgIpc) is 2.96. The number of pyridine rings is 2. The van der Waals surface area contributed by atoms with Crippen LogP contribution in [0.25, 0.3) is 32.8 Å². The van der Waals surface area contributed by atoms with Gasteiger partial charge in [-0.2, -0.15) is 0 Å². The summed E-state index contributed by atoms with van der Waals surface area (Å²) in [7, 11) is 0. The van der Waals surface area contributed by atoms with Gasteiger partial charge in [0, 0.05) is 61.3 Å². The van der Waals surface area contributed by atoms with Crippen molar-refractivity contribution in [2.45, 2.75) is 114 Å². The molecule has 0 fully saturated rings. The summed E-state index contributed by atoms with van der Waals surface area (Å²) in [4.78, 5) is 21.3. The second-order valence-corrected chi connectivity index (χ2v) is 14.6. The van der Waals surface area contributed by atoms with E-state index in [9.17, 15) is 9.90 Å². The summed E-state index contributed by atoms with van der Waals surface area (Å²) < 4.78 is 0. The molecule has 0 bridgehead atoms. The first kappa shape index (κ1) is 37.6. The van der Waals surface area contributed by atoms with Gasteiger partial charge in [-0.05, 0) is 84.7 Å². The van der Waals surface area contributed by atoms with Gasteiger partial charge in [0.05, 0.1) is 5.76 Å². The van der Waals surface area contributed by atoms with Crippen molar-refractivity contribution in [2.75, 3.05) is 0 Å². The topological polar surface area (TPSA) is 63.1 Å². The number of hydrogen-bond donors (Lipinski definition) is 1. The molecule has 1 radical (unpaired) electrons. The van der Waals surface area contributed by atoms with Crippen LogP contribution in [0, 0.1) is 37.2 Å². The number of aryl methyl sites for hydroxylation is 2. The Bertz CT molecular complexity index is 1740. The number of carbonyl (C=O) groups is 1. The fraction of sp³-hybridized carbons (Fsp3) is 0.488. The maximum atomic E-state index is 11.7. The van der Waals surface area contributed by atoms with E-state index in [1.54, 1.807) is 0 Å². The number of fused-ring (bicyclic) bond motifs is 3. The Morgan fingerprint density at radius 1 is 0.957 bits per heavy atom. The standard InChI is InChI=1S/C28H29N2.C13H24O2.Ir/c1-16-10-20-13-22-23(14-21(20)17(2)30-16)28(6,7)24-12-18(15-27(3,4)5)11-19-8-9-29-26(22)25(19)24;1-5-10(6-2)12(14)9-13(15)11(7-3)8-4;/h8-12,14H,15H2,1-7H3;9-11,14H,5-8H2,1-4H3;/q-1;;/b;12-9-;. The van der Waals surface area contributed by atoms with Gasteiger partial charge in [-0.1, -0.05) is 97.0 Å². The van der Waals surface area contributed by atoms with Crippen LogP contribution in [-0.2, 0) is 36.7 Å². The van der Waals surface area contributed by atoms with E-state index in [1.807, 2.05) is 33.9 Å². The molecule has 0 atom stereocenters. The molecule has 1 N–H and O–H groups in total. The van der Waals surface area contributed by atoms with Crippen LogP contribution in [0.2, 0.25) is 0 Å². The third-order valence-electron chi connectivity index (χ3n) is 9.52. The number of aliphatic hydroxyl groups is 1. The molecule has 0 saturated carbocycles. The van der Waals surface area contributed by atoms with Crippen molar-refractivity contribution < 1.29 is 30.0 Å². The number of rotatable bonds is 8. The maximum Gasteiger partial charge on any atom is 0.162 e. The van der Waals surface area contributed by atoms with Crippen LogP contribution in [0.3, 0.4) is 0 Å². The molecule has 0 spiro atoms. The zero-order valence-electron chi connectivity index (χ0n) is 29.8. The molecule has 0 saturated heterocycles. The number of allylic oxidation sites excluding steroid dienone is 2. The van der Waals surface area contributed by atoms with Gasteiger partial charge in [0.1, 0.15) is 0 Å². The van der Waals surface area contributed by atoms with Gasteiger partial charge >= 0.3 is 0 Å². The van der Waals surface area contributed by atoms with Gasteiger partial charge < -0.3 is 5.11 Å². The Hall–Kier alpha value is -2.88. The predicted molar refractivity (Wildman–Crippen MR) is 190 cm³/mol. The van der Waals surface area contributed by atoms with Crippen LogP contribution in [0.4, 0.5) is 0 Å². The zero-order valence-corrected chi connectivity index (χ0v) is 32.2. The summed E-state index contributed by atoms with van der Waals surface area (Å²) in [5, 5.41) is 14.6. The molecule has 4 aromatic rings. The van der Waals surface area contributed by atoms with Crippen LogP contribution < -0.4 is 0 Å². The van der Waals surface area contributed by atoms with Crippen molar-refractivity contribution in [3.05, 3.63) is 82.5 Å². The largest absolute Gasteiger partial charge is 0.512 e. The third-order valence-corrected chi connectivity index (χ3v) is 9.52. The Morgan fingerprint density at radius 3 is 2.17 bits per heavy atom. The number of carbonyl (C=O) groups excluding carboxylic acids is 1. The van der Waals surface area contributed by atoms with Crippen molar-refractivity contribution in [1.82, 2.24) is 9.97 Å². The number of hydrogen-bond acceptors (Lipinski definition) is 4. The predicted octanol–water partition coefficient (Wildman–Crippen LogP) is 11.0. The van der Waals surface area contributed by atoms with E-state index < -0.39 is 0 Å². The van der Waals surface area contributed by atoms with Crippen molar-refractivity contribution in [2.24, 2.45) is 17.3 Å². The number of nitrogens with zero attached hydrogens (tertiary/aromatic N) is 2. The van der Waals surface area contributed by atoms with Crippen molar-refractivity contribution >= 4 is 27.3 Å². The van der Waals surface area contributed by atoms with E-state index in [4.69, 9.17) is 9.97 Å². The second-order valence-electron chi connectivity index (χ2n) is 14.6. The summed E-state index contributed by atoms with van der Waals surface area (Å²) in [6, 6.07) is 15.1. The zero-order chi connectivity index (χ0) is 33.3. The summed E-state index contributed by atoms with van der Waals surface area (Å²) in [5.74, 6) is 0.547. The maximum absolute atomic E-state index is 11.7. The minimum Gasteiger partial charge on any atom is -0.512 e. The van der Waals surface area contributed by atoms with E-state index in [1.165, 1.54) is 38.9 Å². The molecule has 0 aliphatic heterocycles. The van der Waals surface area contributed by atoms with Gasteiger partial charge in [0.25, 0.3) is 0 Å². The summed E-state index contributed by atoms with van der Waals surface area (Å²) in [5.41, 5.74) is 8.49. The summed E-state index contributed by atoms with van der Waals surface area (Å²) in [6.07, 6.45) is 7.91. The minimum absolute atomic E-state index is 0. The molecule has 2 aromatic heterocycles. The molecular formula is C41H53IrN2O2-. The van der Waals surface area contributed by atoms with E-state index >= 15 is 0 Å². The molecule has 5 rings (SSSR count). The van der Waals surface area contributed by atoms with Gasteiger partial charge in [0.15, 0.2) is 5.78 Å². The van der Waals surface area contributed by atoms with Crippen molar-refractivity contribution in [1.29, 1.82) is 0 Å². The Morgan fingerprint density at radius 2 is 1.59 bits per heavy atom. The van der Waals surface area contributed by atoms with Crippen molar-refractivity contribution in [3.63, 3.8) is 0 Å². The summed E-state index contributed by atoms with van der Waals surface area (Å²) in [6.45, 7) is 23.8. The van der Waals surface area contributed by atoms with Crippen molar-refractivity contribution in [3.8, 4) is 11.3 Å². The number of ketones is 1. The Kier molecular flexibility index (Phi) is 12.2. The molecule has 5 heteroatoms. The third kappa shape index (κ3) is 7.80. The smallest absolute Gasteiger partial charge is 0.162 e. The van der Waals surface area contributed by atoms with Crippen LogP contribution in [0.5, 0.6) is 0 Å². The first-order chi connectivity index (χ1) is 21.1. The molecule has 1 aliphatic carbocycles. The number of aromatic nitrogens is 2. The first-order valence-corrected chi connectivity index (χ1v) is 16.9. The average molecular weight is 798 g/mol. The van der Waals surface area contributed by atoms with E-state index in [-0.39, 0.29) is 54.3 Å². The van der Waals surface area contributed by atoms with Crippen LogP contribution >= 0.6 is 0 Å². The molecule has 46 heavy (non-hydrogen) atoms. The van der Waals surface area contributed by atoms with Gasteiger partial charge in [-0.3, -0.25) is 14.8 Å². The normalized spacial score (nSPS) is 13.8. The molecule has 249 valence electrons. The van der Waals surface area contributed by atoms with Crippen LogP contribution in [-0.4, -0.2) is 20.9 Å². The summed E-state index contributed by atoms with van der Waals surface area (Å²) >= 11 is 0. The van der Waals surface area contributed by atoms with Gasteiger partial charge in [-0.25, -0.2) is 0 Å². The van der Waals surface area contributed by atoms with Gasteiger partial charge in [-0.15, -0.1) is 17.5 Å². The molecule has 2 heterocycles. The van der Waals surface area contributed by atoms with E-state index in [0.29, 0.717) is 0 Å². The first-order valence-electron chi connectivity index (χ1n) is 16.9. The fourth-order valence-corrected chi connectivity index (χ4v) is 6.92.